The van der Waals surface area contributed by atoms with Gasteiger partial charge in [0.2, 0.25) is 0 Å². The molecule has 1 aromatic carbocycles. The normalized spacial score (nSPS) is 11.6. The van der Waals surface area contributed by atoms with Gasteiger partial charge in [0, 0.05) is 6.20 Å². The number of pyridine rings is 1. The number of aromatic nitrogens is 1. The van der Waals surface area contributed by atoms with Gasteiger partial charge in [-0.2, -0.15) is 0 Å². The molecule has 0 aliphatic rings. The largest absolute Gasteiger partial charge is 0.455 e. The van der Waals surface area contributed by atoms with Gasteiger partial charge in [0.1, 0.15) is 0 Å². The summed E-state index contributed by atoms with van der Waals surface area (Å²) in [4.78, 5) is 28.0. The molecule has 0 bridgehead atoms. The molecule has 0 aliphatic carbocycles. The van der Waals surface area contributed by atoms with Crippen molar-refractivity contribution in [2.45, 2.75) is 19.3 Å². The Balaban J connectivity index is 1.92. The van der Waals surface area contributed by atoms with Gasteiger partial charge in [0.25, 0.3) is 5.91 Å². The molecule has 0 aliphatic heterocycles. The molecule has 0 radical (unpaired) electrons. The highest BCUT2D eigenvalue weighted by molar-refractivity contribution is 6.36. The first-order valence-electron chi connectivity index (χ1n) is 7.33. The van der Waals surface area contributed by atoms with Gasteiger partial charge < -0.3 is 10.1 Å². The number of amides is 1. The third-order valence-electron chi connectivity index (χ3n) is 3.31. The summed E-state index contributed by atoms with van der Waals surface area (Å²) in [5, 5.41) is 3.04. The summed E-state index contributed by atoms with van der Waals surface area (Å²) in [6.45, 7) is 1.47. The van der Waals surface area contributed by atoms with Crippen molar-refractivity contribution in [3.8, 4) is 0 Å². The minimum absolute atomic E-state index is 0.164. The van der Waals surface area contributed by atoms with Crippen molar-refractivity contribution < 1.29 is 14.3 Å². The van der Waals surface area contributed by atoms with Crippen LogP contribution in [0.1, 0.15) is 24.8 Å². The van der Waals surface area contributed by atoms with Gasteiger partial charge in [-0.25, -0.2) is 4.98 Å². The number of anilines is 1. The number of ether oxygens (including phenoxy) is 1. The maximum Gasteiger partial charge on any atom is 0.313 e. The van der Waals surface area contributed by atoms with Gasteiger partial charge in [0.05, 0.1) is 16.0 Å². The van der Waals surface area contributed by atoms with E-state index in [-0.39, 0.29) is 10.8 Å². The number of hydrogen-bond donors (Lipinski definition) is 1. The number of benzene rings is 1. The Labute approximate surface area is 149 Å². The summed E-state index contributed by atoms with van der Waals surface area (Å²) in [6.07, 6.45) is 1.94. The molecule has 2 aromatic rings. The fourth-order valence-electron chi connectivity index (χ4n) is 2.14. The SMILES string of the molecule is CC[C@H](C(=O)OCC(=O)Nc1ncc(Cl)cc1Cl)c1ccccc1. The van der Waals surface area contributed by atoms with Crippen LogP contribution < -0.4 is 5.32 Å². The van der Waals surface area contributed by atoms with Crippen molar-refractivity contribution in [3.05, 3.63) is 58.2 Å². The topological polar surface area (TPSA) is 68.3 Å². The van der Waals surface area contributed by atoms with Gasteiger partial charge in [-0.3, -0.25) is 9.59 Å². The molecule has 1 aromatic heterocycles. The molecule has 0 unspecified atom stereocenters. The summed E-state index contributed by atoms with van der Waals surface area (Å²) in [7, 11) is 0. The van der Waals surface area contributed by atoms with Crippen molar-refractivity contribution >= 4 is 40.9 Å². The van der Waals surface area contributed by atoms with Crippen LogP contribution in [0.4, 0.5) is 5.82 Å². The zero-order valence-electron chi connectivity index (χ0n) is 13.0. The predicted octanol–water partition coefficient (Wildman–Crippen LogP) is 4.06. The van der Waals surface area contributed by atoms with E-state index in [4.69, 9.17) is 27.9 Å². The van der Waals surface area contributed by atoms with Crippen LogP contribution in [0.5, 0.6) is 0 Å². The summed E-state index contributed by atoms with van der Waals surface area (Å²) in [5.74, 6) is -1.22. The monoisotopic (exact) mass is 366 g/mol. The number of halogens is 2. The van der Waals surface area contributed by atoms with Crippen LogP contribution in [0.25, 0.3) is 0 Å². The molecule has 5 nitrogen and oxygen atoms in total. The van der Waals surface area contributed by atoms with Crippen molar-refractivity contribution in [1.29, 1.82) is 0 Å². The molecule has 24 heavy (non-hydrogen) atoms. The number of carbonyl (C=O) groups is 2. The molecule has 126 valence electrons. The average Bonchev–Trinajstić information content (AvgIpc) is 2.57. The summed E-state index contributed by atoms with van der Waals surface area (Å²) in [6, 6.07) is 10.7. The van der Waals surface area contributed by atoms with E-state index in [1.165, 1.54) is 12.3 Å². The third-order valence-corrected chi connectivity index (χ3v) is 3.80. The molecule has 2 rings (SSSR count). The zero-order chi connectivity index (χ0) is 17.5. The first kappa shape index (κ1) is 18.2. The van der Waals surface area contributed by atoms with Crippen LogP contribution in [0.3, 0.4) is 0 Å². The highest BCUT2D eigenvalue weighted by atomic mass is 35.5. The second-order valence-electron chi connectivity index (χ2n) is 5.01. The quantitative estimate of drug-likeness (QED) is 0.782. The van der Waals surface area contributed by atoms with E-state index in [1.54, 1.807) is 0 Å². The van der Waals surface area contributed by atoms with E-state index in [0.29, 0.717) is 11.4 Å². The van der Waals surface area contributed by atoms with Crippen molar-refractivity contribution in [2.75, 3.05) is 11.9 Å². The van der Waals surface area contributed by atoms with Gasteiger partial charge in [-0.05, 0) is 18.1 Å². The Kier molecular flexibility index (Phi) is 6.58. The van der Waals surface area contributed by atoms with E-state index in [2.05, 4.69) is 10.3 Å². The number of nitrogens with zero attached hydrogens (tertiary/aromatic N) is 1. The average molecular weight is 367 g/mol. The molecule has 1 N–H and O–H groups in total. The molecule has 0 spiro atoms. The third kappa shape index (κ3) is 4.94. The number of nitrogens with one attached hydrogen (secondary N) is 1. The molecule has 0 saturated carbocycles. The Morgan fingerprint density at radius 1 is 1.25 bits per heavy atom. The van der Waals surface area contributed by atoms with Crippen molar-refractivity contribution in [1.82, 2.24) is 4.98 Å². The van der Waals surface area contributed by atoms with Crippen LogP contribution in [0, 0.1) is 0 Å². The molecule has 0 fully saturated rings. The fourth-order valence-corrected chi connectivity index (χ4v) is 2.56. The van der Waals surface area contributed by atoms with Crippen molar-refractivity contribution in [3.63, 3.8) is 0 Å². The van der Waals surface area contributed by atoms with E-state index in [9.17, 15) is 9.59 Å². The second kappa shape index (κ2) is 8.66. The Morgan fingerprint density at radius 2 is 1.96 bits per heavy atom. The van der Waals surface area contributed by atoms with Crippen molar-refractivity contribution in [2.24, 2.45) is 0 Å². The standard InChI is InChI=1S/C17H16Cl2N2O3/c1-2-13(11-6-4-3-5-7-11)17(23)24-10-15(22)21-16-14(19)8-12(18)9-20-16/h3-9,13H,2,10H2,1H3,(H,20,21,22)/t13-/m0/s1. The number of esters is 1. The number of carbonyl (C=O) groups excluding carboxylic acids is 2. The highest BCUT2D eigenvalue weighted by Gasteiger charge is 2.21. The maximum absolute atomic E-state index is 12.2. The molecule has 7 heteroatoms. The lowest BCUT2D eigenvalue weighted by molar-refractivity contribution is -0.149. The Bertz CT molecular complexity index is 723. The minimum atomic E-state index is -0.525. The first-order chi connectivity index (χ1) is 11.5. The Hall–Kier alpha value is -2.11. The van der Waals surface area contributed by atoms with E-state index >= 15 is 0 Å². The van der Waals surface area contributed by atoms with E-state index in [0.717, 1.165) is 5.56 Å². The molecule has 1 atom stereocenters. The maximum atomic E-state index is 12.2. The number of hydrogen-bond acceptors (Lipinski definition) is 4. The van der Waals surface area contributed by atoms with Crippen LogP contribution >= 0.6 is 23.2 Å². The highest BCUT2D eigenvalue weighted by Crippen LogP contribution is 2.23. The van der Waals surface area contributed by atoms with Gasteiger partial charge in [-0.15, -0.1) is 0 Å². The lowest BCUT2D eigenvalue weighted by atomic mass is 9.97. The molecule has 0 saturated heterocycles. The number of rotatable bonds is 6. The van der Waals surface area contributed by atoms with Crippen LogP contribution in [-0.4, -0.2) is 23.5 Å². The molecule has 1 amide bonds. The summed E-state index contributed by atoms with van der Waals surface area (Å²) in [5.41, 5.74) is 0.854. The molecular weight excluding hydrogens is 351 g/mol. The molecule has 1 heterocycles. The van der Waals surface area contributed by atoms with Gasteiger partial charge in [-0.1, -0.05) is 60.5 Å². The van der Waals surface area contributed by atoms with Gasteiger partial charge in [0.15, 0.2) is 12.4 Å². The fraction of sp³-hybridized carbons (Fsp3) is 0.235. The van der Waals surface area contributed by atoms with Gasteiger partial charge >= 0.3 is 5.97 Å². The van der Waals surface area contributed by atoms with E-state index < -0.39 is 24.4 Å². The minimum Gasteiger partial charge on any atom is -0.455 e. The zero-order valence-corrected chi connectivity index (χ0v) is 14.5. The lowest BCUT2D eigenvalue weighted by Gasteiger charge is -2.14. The van der Waals surface area contributed by atoms with Crippen LogP contribution in [-0.2, 0) is 14.3 Å². The van der Waals surface area contributed by atoms with E-state index in [1.807, 2.05) is 37.3 Å². The first-order valence-corrected chi connectivity index (χ1v) is 8.09. The summed E-state index contributed by atoms with van der Waals surface area (Å²) < 4.78 is 5.10. The lowest BCUT2D eigenvalue weighted by Crippen LogP contribution is -2.24. The Morgan fingerprint density at radius 3 is 2.58 bits per heavy atom. The van der Waals surface area contributed by atoms with Crippen LogP contribution in [0.15, 0.2) is 42.6 Å². The van der Waals surface area contributed by atoms with Crippen LogP contribution in [0.2, 0.25) is 10.0 Å². The summed E-state index contributed by atoms with van der Waals surface area (Å²) >= 11 is 11.7. The predicted molar refractivity (Wildman–Crippen MR) is 93.3 cm³/mol. The smallest absolute Gasteiger partial charge is 0.313 e. The second-order valence-corrected chi connectivity index (χ2v) is 5.86. The molecular formula is C17H16Cl2N2O3.